The quantitative estimate of drug-likeness (QED) is 0.365. The number of fused-ring (bicyclic) bond motifs is 1. The van der Waals surface area contributed by atoms with Crippen LogP contribution in [0.4, 0.5) is 16.4 Å². The number of nitrogens with one attached hydrogen (secondary N) is 2. The number of rotatable bonds is 5. The third-order valence-electron chi connectivity index (χ3n) is 5.91. The highest BCUT2D eigenvalue weighted by Crippen LogP contribution is 2.35. The minimum absolute atomic E-state index is 0.143. The molecule has 4 aromatic rings. The molecule has 1 saturated carbocycles. The SMILES string of the molecule is Nc1nc(-c2ccccc2)c(-c2cc(Cl)c3ncccc3c2)nc1NC(=O)NCC1CCC1. The summed E-state index contributed by atoms with van der Waals surface area (Å²) in [5.74, 6) is 0.895. The standard InChI is InChI=1S/C25H23ClN6O/c26-19-13-18(12-17-10-5-11-28-20(17)19)22-21(16-8-2-1-3-9-16)30-23(27)24(31-22)32-25(33)29-14-15-6-4-7-15/h1-3,5,8-13,15H,4,6-7,14H2,(H2,27,30)(H2,29,31,32,33). The number of hydrogen-bond acceptors (Lipinski definition) is 5. The van der Waals surface area contributed by atoms with Crippen LogP contribution in [-0.2, 0) is 0 Å². The Morgan fingerprint density at radius 2 is 1.82 bits per heavy atom. The van der Waals surface area contributed by atoms with Gasteiger partial charge in [0.15, 0.2) is 11.6 Å². The Morgan fingerprint density at radius 3 is 2.58 bits per heavy atom. The van der Waals surface area contributed by atoms with E-state index in [1.165, 1.54) is 6.42 Å². The van der Waals surface area contributed by atoms with E-state index in [0.717, 1.165) is 29.4 Å². The molecule has 33 heavy (non-hydrogen) atoms. The van der Waals surface area contributed by atoms with Crippen LogP contribution < -0.4 is 16.4 Å². The molecule has 0 unspecified atom stereocenters. The largest absolute Gasteiger partial charge is 0.381 e. The summed E-state index contributed by atoms with van der Waals surface area (Å²) in [6, 6.07) is 16.9. The van der Waals surface area contributed by atoms with Gasteiger partial charge in [0, 0.05) is 29.3 Å². The average molecular weight is 459 g/mol. The minimum atomic E-state index is -0.345. The first-order valence-corrected chi connectivity index (χ1v) is 11.3. The van der Waals surface area contributed by atoms with Crippen LogP contribution in [0.25, 0.3) is 33.4 Å². The van der Waals surface area contributed by atoms with Crippen LogP contribution in [0.3, 0.4) is 0 Å². The van der Waals surface area contributed by atoms with Crippen LogP contribution in [0.15, 0.2) is 60.8 Å². The fraction of sp³-hybridized carbons (Fsp3) is 0.200. The van der Waals surface area contributed by atoms with Crippen molar-refractivity contribution >= 4 is 40.2 Å². The van der Waals surface area contributed by atoms with E-state index in [9.17, 15) is 4.79 Å². The predicted molar refractivity (Wildman–Crippen MR) is 132 cm³/mol. The third kappa shape index (κ3) is 4.45. The van der Waals surface area contributed by atoms with Crippen molar-refractivity contribution in [3.8, 4) is 22.5 Å². The summed E-state index contributed by atoms with van der Waals surface area (Å²) in [7, 11) is 0. The Bertz CT molecular complexity index is 1320. The van der Waals surface area contributed by atoms with Gasteiger partial charge < -0.3 is 11.1 Å². The van der Waals surface area contributed by atoms with E-state index in [1.54, 1.807) is 6.20 Å². The van der Waals surface area contributed by atoms with E-state index < -0.39 is 0 Å². The first-order chi connectivity index (χ1) is 16.1. The molecule has 0 radical (unpaired) electrons. The molecule has 0 bridgehead atoms. The zero-order valence-electron chi connectivity index (χ0n) is 17.9. The Kier molecular flexibility index (Phi) is 5.79. The van der Waals surface area contributed by atoms with Crippen molar-refractivity contribution < 1.29 is 4.79 Å². The number of carbonyl (C=O) groups is 1. The van der Waals surface area contributed by atoms with E-state index in [-0.39, 0.29) is 17.7 Å². The van der Waals surface area contributed by atoms with E-state index >= 15 is 0 Å². The molecule has 4 N–H and O–H groups in total. The summed E-state index contributed by atoms with van der Waals surface area (Å²) < 4.78 is 0. The highest BCUT2D eigenvalue weighted by Gasteiger charge is 2.20. The molecular formula is C25H23ClN6O. The summed E-state index contributed by atoms with van der Waals surface area (Å²) in [5, 5.41) is 7.04. The van der Waals surface area contributed by atoms with Gasteiger partial charge in [-0.1, -0.05) is 54.4 Å². The maximum absolute atomic E-state index is 12.5. The molecule has 8 heteroatoms. The van der Waals surface area contributed by atoms with Crippen LogP contribution in [0.1, 0.15) is 19.3 Å². The molecule has 5 rings (SSSR count). The molecule has 7 nitrogen and oxygen atoms in total. The monoisotopic (exact) mass is 458 g/mol. The second-order valence-electron chi connectivity index (χ2n) is 8.19. The minimum Gasteiger partial charge on any atom is -0.381 e. The maximum atomic E-state index is 12.5. The van der Waals surface area contributed by atoms with Crippen molar-refractivity contribution in [3.05, 3.63) is 65.8 Å². The Labute approximate surface area is 196 Å². The maximum Gasteiger partial charge on any atom is 0.320 e. The fourth-order valence-electron chi connectivity index (χ4n) is 3.91. The normalized spacial score (nSPS) is 13.5. The van der Waals surface area contributed by atoms with Gasteiger partial charge in [0.1, 0.15) is 0 Å². The number of amides is 2. The van der Waals surface area contributed by atoms with Gasteiger partial charge in [-0.25, -0.2) is 14.8 Å². The number of halogens is 1. The number of nitrogen functional groups attached to an aromatic ring is 1. The van der Waals surface area contributed by atoms with E-state index in [4.69, 9.17) is 22.3 Å². The van der Waals surface area contributed by atoms with E-state index in [2.05, 4.69) is 20.6 Å². The number of hydrogen-bond donors (Lipinski definition) is 3. The van der Waals surface area contributed by atoms with Crippen LogP contribution in [0, 0.1) is 5.92 Å². The summed E-state index contributed by atoms with van der Waals surface area (Å²) >= 11 is 6.54. The summed E-state index contributed by atoms with van der Waals surface area (Å²) in [4.78, 5) is 26.2. The second-order valence-corrected chi connectivity index (χ2v) is 8.59. The fourth-order valence-corrected chi connectivity index (χ4v) is 4.18. The second kappa shape index (κ2) is 9.03. The highest BCUT2D eigenvalue weighted by atomic mass is 35.5. The van der Waals surface area contributed by atoms with Gasteiger partial charge in [0.25, 0.3) is 0 Å². The number of nitrogens with two attached hydrogens (primary N) is 1. The van der Waals surface area contributed by atoms with E-state index in [0.29, 0.717) is 34.4 Å². The lowest BCUT2D eigenvalue weighted by Gasteiger charge is -2.25. The lowest BCUT2D eigenvalue weighted by atomic mass is 9.85. The molecule has 1 aliphatic rings. The van der Waals surface area contributed by atoms with Crippen molar-refractivity contribution in [2.45, 2.75) is 19.3 Å². The number of urea groups is 1. The number of nitrogens with zero attached hydrogens (tertiary/aromatic N) is 3. The zero-order chi connectivity index (χ0) is 22.8. The van der Waals surface area contributed by atoms with Gasteiger partial charge in [-0.2, -0.15) is 0 Å². The molecule has 0 spiro atoms. The van der Waals surface area contributed by atoms with Gasteiger partial charge in [0.05, 0.1) is 21.9 Å². The van der Waals surface area contributed by atoms with E-state index in [1.807, 2.05) is 54.6 Å². The summed E-state index contributed by atoms with van der Waals surface area (Å²) in [6.07, 6.45) is 5.22. The van der Waals surface area contributed by atoms with Crippen LogP contribution in [-0.4, -0.2) is 27.5 Å². The molecular weight excluding hydrogens is 436 g/mol. The van der Waals surface area contributed by atoms with Crippen LogP contribution in [0.5, 0.6) is 0 Å². The highest BCUT2D eigenvalue weighted by molar-refractivity contribution is 6.35. The molecule has 1 fully saturated rings. The molecule has 2 heterocycles. The molecule has 1 aliphatic carbocycles. The van der Waals surface area contributed by atoms with Gasteiger partial charge in [-0.05, 0) is 37.0 Å². The van der Waals surface area contributed by atoms with Gasteiger partial charge >= 0.3 is 6.03 Å². The summed E-state index contributed by atoms with van der Waals surface area (Å²) in [6.45, 7) is 0.640. The number of aromatic nitrogens is 3. The van der Waals surface area contributed by atoms with Gasteiger partial charge in [-0.3, -0.25) is 10.3 Å². The summed E-state index contributed by atoms with van der Waals surface area (Å²) in [5.41, 5.74) is 9.71. The molecule has 0 saturated heterocycles. The third-order valence-corrected chi connectivity index (χ3v) is 6.20. The van der Waals surface area contributed by atoms with Gasteiger partial charge in [-0.15, -0.1) is 0 Å². The lowest BCUT2D eigenvalue weighted by Crippen LogP contribution is -2.35. The lowest BCUT2D eigenvalue weighted by molar-refractivity contribution is 0.243. The smallest absolute Gasteiger partial charge is 0.320 e. The molecule has 0 atom stereocenters. The Hall–Kier alpha value is -3.71. The van der Waals surface area contributed by atoms with Crippen molar-refractivity contribution in [1.82, 2.24) is 20.3 Å². The first-order valence-electron chi connectivity index (χ1n) is 10.9. The number of benzene rings is 2. The number of pyridine rings is 1. The predicted octanol–water partition coefficient (Wildman–Crippen LogP) is 5.52. The molecule has 166 valence electrons. The number of anilines is 2. The molecule has 0 aliphatic heterocycles. The number of carbonyl (C=O) groups excluding carboxylic acids is 1. The van der Waals surface area contributed by atoms with Crippen molar-refractivity contribution in [2.75, 3.05) is 17.6 Å². The molecule has 2 aromatic carbocycles. The van der Waals surface area contributed by atoms with Crippen LogP contribution >= 0.6 is 11.6 Å². The van der Waals surface area contributed by atoms with Crippen molar-refractivity contribution in [1.29, 1.82) is 0 Å². The van der Waals surface area contributed by atoms with Crippen LogP contribution in [0.2, 0.25) is 5.02 Å². The topological polar surface area (TPSA) is 106 Å². The average Bonchev–Trinajstić information content (AvgIpc) is 2.79. The van der Waals surface area contributed by atoms with Crippen molar-refractivity contribution in [3.63, 3.8) is 0 Å². The first kappa shape index (κ1) is 21.2. The van der Waals surface area contributed by atoms with Crippen molar-refractivity contribution in [2.24, 2.45) is 5.92 Å². The molecule has 2 aromatic heterocycles. The molecule has 2 amide bonds. The Balaban J connectivity index is 1.56. The zero-order valence-corrected chi connectivity index (χ0v) is 18.6. The Morgan fingerprint density at radius 1 is 1.03 bits per heavy atom. The van der Waals surface area contributed by atoms with Gasteiger partial charge in [0.2, 0.25) is 0 Å².